The molecule has 0 spiro atoms. The van der Waals surface area contributed by atoms with Crippen molar-refractivity contribution in [3.05, 3.63) is 41.2 Å². The van der Waals surface area contributed by atoms with Gasteiger partial charge in [-0.05, 0) is 31.0 Å². The van der Waals surface area contributed by atoms with E-state index in [9.17, 15) is 10.4 Å². The number of anilines is 1. The van der Waals surface area contributed by atoms with Crippen LogP contribution in [0.1, 0.15) is 18.4 Å². The molecule has 0 saturated carbocycles. The van der Waals surface area contributed by atoms with E-state index in [1.807, 2.05) is 4.90 Å². The summed E-state index contributed by atoms with van der Waals surface area (Å²) < 4.78 is 1.63. The highest BCUT2D eigenvalue weighted by Crippen LogP contribution is 2.31. The Balaban J connectivity index is 1.84. The van der Waals surface area contributed by atoms with Crippen LogP contribution in [0.3, 0.4) is 0 Å². The van der Waals surface area contributed by atoms with E-state index in [1.165, 1.54) is 0 Å². The molecule has 2 aromatic rings. The third-order valence-corrected chi connectivity index (χ3v) is 4.14. The summed E-state index contributed by atoms with van der Waals surface area (Å²) in [6.07, 6.45) is 4.85. The molecule has 0 amide bonds. The van der Waals surface area contributed by atoms with Gasteiger partial charge in [-0.25, -0.2) is 4.68 Å². The molecule has 1 N–H and O–H groups in total. The lowest BCUT2D eigenvalue weighted by Gasteiger charge is -2.40. The summed E-state index contributed by atoms with van der Waals surface area (Å²) in [6, 6.07) is 7.38. The van der Waals surface area contributed by atoms with Crippen LogP contribution in [-0.2, 0) is 6.54 Å². The number of piperidine rings is 1. The minimum absolute atomic E-state index is 0.381. The van der Waals surface area contributed by atoms with Gasteiger partial charge in [0, 0.05) is 24.3 Å². The van der Waals surface area contributed by atoms with Gasteiger partial charge in [-0.3, -0.25) is 0 Å². The van der Waals surface area contributed by atoms with Crippen LogP contribution in [0.4, 0.5) is 5.69 Å². The molecule has 1 aliphatic rings. The van der Waals surface area contributed by atoms with Crippen molar-refractivity contribution < 1.29 is 5.11 Å². The number of hydrogen-bond acceptors (Lipinski definition) is 5. The van der Waals surface area contributed by atoms with E-state index >= 15 is 0 Å². The molecule has 1 unspecified atom stereocenters. The van der Waals surface area contributed by atoms with Crippen molar-refractivity contribution in [2.45, 2.75) is 25.0 Å². The number of halogens is 1. The molecule has 6 nitrogen and oxygen atoms in total. The summed E-state index contributed by atoms with van der Waals surface area (Å²) in [5.41, 5.74) is 0.433. The standard InChI is InChI=1S/C15H16ClN5O/c16-13-3-2-12(9-17)14(8-13)20-6-1-4-15(22,10-20)11-21-7-5-18-19-21/h2-3,5,7-8,22H,1,4,6,10-11H2. The fraction of sp³-hybridized carbons (Fsp3) is 0.400. The van der Waals surface area contributed by atoms with Gasteiger partial charge in [0.25, 0.3) is 0 Å². The second-order valence-electron chi connectivity index (χ2n) is 5.62. The van der Waals surface area contributed by atoms with Crippen LogP contribution in [0.5, 0.6) is 0 Å². The van der Waals surface area contributed by atoms with E-state index < -0.39 is 5.60 Å². The minimum Gasteiger partial charge on any atom is -0.386 e. The molecule has 0 aliphatic carbocycles. The average Bonchev–Trinajstić information content (AvgIpc) is 2.99. The molecular formula is C15H16ClN5O. The second-order valence-corrected chi connectivity index (χ2v) is 6.06. The number of nitriles is 1. The van der Waals surface area contributed by atoms with E-state index in [0.717, 1.165) is 18.7 Å². The molecule has 0 bridgehead atoms. The van der Waals surface area contributed by atoms with Crippen molar-refractivity contribution in [2.24, 2.45) is 0 Å². The number of aliphatic hydroxyl groups is 1. The number of benzene rings is 1. The van der Waals surface area contributed by atoms with Crippen LogP contribution in [0.2, 0.25) is 5.02 Å². The van der Waals surface area contributed by atoms with Crippen molar-refractivity contribution in [3.8, 4) is 6.07 Å². The molecule has 1 saturated heterocycles. The third kappa shape index (κ3) is 3.06. The Kier molecular flexibility index (Phi) is 4.01. The van der Waals surface area contributed by atoms with Crippen molar-refractivity contribution in [1.29, 1.82) is 5.26 Å². The largest absolute Gasteiger partial charge is 0.386 e. The van der Waals surface area contributed by atoms with E-state index in [0.29, 0.717) is 30.1 Å². The van der Waals surface area contributed by atoms with Gasteiger partial charge in [-0.2, -0.15) is 5.26 Å². The first-order valence-corrected chi connectivity index (χ1v) is 7.48. The molecule has 1 aromatic heterocycles. The Hall–Kier alpha value is -2.10. The van der Waals surface area contributed by atoms with Gasteiger partial charge in [-0.1, -0.05) is 16.8 Å². The summed E-state index contributed by atoms with van der Waals surface area (Å²) in [5.74, 6) is 0. The monoisotopic (exact) mass is 317 g/mol. The first-order valence-electron chi connectivity index (χ1n) is 7.11. The second kappa shape index (κ2) is 5.95. The first-order chi connectivity index (χ1) is 10.6. The van der Waals surface area contributed by atoms with Gasteiger partial charge < -0.3 is 10.0 Å². The Morgan fingerprint density at radius 1 is 1.45 bits per heavy atom. The van der Waals surface area contributed by atoms with Gasteiger partial charge in [0.1, 0.15) is 11.7 Å². The molecular weight excluding hydrogens is 302 g/mol. The number of β-amino-alcohol motifs (C(OH)–C–C–N with tert-alkyl or cyclic N) is 1. The van der Waals surface area contributed by atoms with Crippen LogP contribution in [0, 0.1) is 11.3 Å². The molecule has 7 heteroatoms. The topological polar surface area (TPSA) is 78.0 Å². The van der Waals surface area contributed by atoms with Crippen molar-refractivity contribution in [3.63, 3.8) is 0 Å². The van der Waals surface area contributed by atoms with Crippen molar-refractivity contribution >= 4 is 17.3 Å². The van der Waals surface area contributed by atoms with Gasteiger partial charge in [0.15, 0.2) is 0 Å². The fourth-order valence-electron chi connectivity index (χ4n) is 2.93. The van der Waals surface area contributed by atoms with Crippen LogP contribution in [0.15, 0.2) is 30.6 Å². The molecule has 2 heterocycles. The lowest BCUT2D eigenvalue weighted by atomic mass is 9.92. The summed E-state index contributed by atoms with van der Waals surface area (Å²) in [6.45, 7) is 1.60. The summed E-state index contributed by atoms with van der Waals surface area (Å²) in [7, 11) is 0. The molecule has 114 valence electrons. The van der Waals surface area contributed by atoms with Gasteiger partial charge in [0.05, 0.1) is 24.0 Å². The lowest BCUT2D eigenvalue weighted by molar-refractivity contribution is 0.00603. The predicted molar refractivity (Wildman–Crippen MR) is 82.6 cm³/mol. The highest BCUT2D eigenvalue weighted by molar-refractivity contribution is 6.30. The average molecular weight is 318 g/mol. The smallest absolute Gasteiger partial charge is 0.102 e. The van der Waals surface area contributed by atoms with Crippen molar-refractivity contribution in [1.82, 2.24) is 15.0 Å². The zero-order valence-corrected chi connectivity index (χ0v) is 12.7. The maximum absolute atomic E-state index is 10.9. The van der Waals surface area contributed by atoms with Crippen LogP contribution in [-0.4, -0.2) is 38.8 Å². The Labute approximate surface area is 133 Å². The van der Waals surface area contributed by atoms with Crippen LogP contribution >= 0.6 is 11.6 Å². The highest BCUT2D eigenvalue weighted by atomic mass is 35.5. The summed E-state index contributed by atoms with van der Waals surface area (Å²) in [5, 5.41) is 28.4. The fourth-order valence-corrected chi connectivity index (χ4v) is 3.09. The van der Waals surface area contributed by atoms with E-state index in [4.69, 9.17) is 11.6 Å². The van der Waals surface area contributed by atoms with Crippen molar-refractivity contribution in [2.75, 3.05) is 18.0 Å². The molecule has 0 radical (unpaired) electrons. The SMILES string of the molecule is N#Cc1ccc(Cl)cc1N1CCCC(O)(Cn2ccnn2)C1. The zero-order chi connectivity index (χ0) is 15.6. The number of aromatic nitrogens is 3. The normalized spacial score (nSPS) is 21.6. The van der Waals surface area contributed by atoms with Gasteiger partial charge in [-0.15, -0.1) is 5.10 Å². The predicted octanol–water partition coefficient (Wildman–Crippen LogP) is 1.83. The summed E-state index contributed by atoms with van der Waals surface area (Å²) >= 11 is 6.06. The van der Waals surface area contributed by atoms with Gasteiger partial charge in [0.2, 0.25) is 0 Å². The minimum atomic E-state index is -0.902. The Bertz CT molecular complexity index is 696. The highest BCUT2D eigenvalue weighted by Gasteiger charge is 2.34. The molecule has 1 aromatic carbocycles. The molecule has 1 fully saturated rings. The number of nitrogens with zero attached hydrogens (tertiary/aromatic N) is 5. The zero-order valence-electron chi connectivity index (χ0n) is 12.0. The maximum Gasteiger partial charge on any atom is 0.102 e. The van der Waals surface area contributed by atoms with Crippen LogP contribution in [0.25, 0.3) is 0 Å². The first kappa shape index (κ1) is 14.8. The van der Waals surface area contributed by atoms with E-state index in [1.54, 1.807) is 35.3 Å². The summed E-state index contributed by atoms with van der Waals surface area (Å²) in [4.78, 5) is 2.02. The quantitative estimate of drug-likeness (QED) is 0.934. The number of rotatable bonds is 3. The molecule has 1 aliphatic heterocycles. The van der Waals surface area contributed by atoms with Crippen LogP contribution < -0.4 is 4.90 Å². The maximum atomic E-state index is 10.9. The molecule has 22 heavy (non-hydrogen) atoms. The Morgan fingerprint density at radius 3 is 3.05 bits per heavy atom. The molecule has 1 atom stereocenters. The third-order valence-electron chi connectivity index (χ3n) is 3.90. The van der Waals surface area contributed by atoms with E-state index in [-0.39, 0.29) is 0 Å². The molecule has 3 rings (SSSR count). The van der Waals surface area contributed by atoms with E-state index in [2.05, 4.69) is 16.4 Å². The lowest BCUT2D eigenvalue weighted by Crippen LogP contribution is -2.51. The Morgan fingerprint density at radius 2 is 2.32 bits per heavy atom. The van der Waals surface area contributed by atoms with Gasteiger partial charge >= 0.3 is 0 Å². The number of hydrogen-bond donors (Lipinski definition) is 1.